The van der Waals surface area contributed by atoms with Gasteiger partial charge in [0.15, 0.2) is 0 Å². The summed E-state index contributed by atoms with van der Waals surface area (Å²) in [5, 5.41) is 12.6. The van der Waals surface area contributed by atoms with Gasteiger partial charge in [0.25, 0.3) is 0 Å². The molecule has 0 radical (unpaired) electrons. The molecule has 0 bridgehead atoms. The van der Waals surface area contributed by atoms with Gasteiger partial charge in [0.1, 0.15) is 0 Å². The fourth-order valence-corrected chi connectivity index (χ4v) is 2.13. The second-order valence-corrected chi connectivity index (χ2v) is 4.94. The lowest BCUT2D eigenvalue weighted by molar-refractivity contribution is 0.199. The first-order valence-corrected chi connectivity index (χ1v) is 6.68. The number of rotatable bonds is 5. The highest BCUT2D eigenvalue weighted by molar-refractivity contribution is 5.31. The summed E-state index contributed by atoms with van der Waals surface area (Å²) in [4.78, 5) is 0. The maximum atomic E-state index is 9.48. The topological polar surface area (TPSA) is 32.3 Å². The van der Waals surface area contributed by atoms with Gasteiger partial charge in [-0.25, -0.2) is 0 Å². The van der Waals surface area contributed by atoms with Crippen molar-refractivity contribution in [3.63, 3.8) is 0 Å². The standard InChI is InChI=1S/C17H21NO/c1-13(19)17-9-7-15(8-10-17)11-14-3-5-16(6-4-14)12-18-2/h3-10,13,18-19H,11-12H2,1-2H3. The Hall–Kier alpha value is -1.64. The van der Waals surface area contributed by atoms with Gasteiger partial charge in [-0.2, -0.15) is 0 Å². The predicted octanol–water partition coefficient (Wildman–Crippen LogP) is 3.05. The zero-order valence-corrected chi connectivity index (χ0v) is 11.6. The summed E-state index contributed by atoms with van der Waals surface area (Å²) < 4.78 is 0. The van der Waals surface area contributed by atoms with E-state index in [4.69, 9.17) is 0 Å². The van der Waals surface area contributed by atoms with Crippen molar-refractivity contribution in [2.45, 2.75) is 26.0 Å². The molecule has 0 aliphatic rings. The summed E-state index contributed by atoms with van der Waals surface area (Å²) >= 11 is 0. The third-order valence-electron chi connectivity index (χ3n) is 3.27. The zero-order chi connectivity index (χ0) is 13.7. The molecule has 2 aromatic rings. The first kappa shape index (κ1) is 13.8. The molecule has 0 fully saturated rings. The van der Waals surface area contributed by atoms with E-state index in [1.807, 2.05) is 19.2 Å². The Morgan fingerprint density at radius 1 is 0.895 bits per heavy atom. The quantitative estimate of drug-likeness (QED) is 0.860. The molecule has 1 atom stereocenters. The third-order valence-corrected chi connectivity index (χ3v) is 3.27. The molecule has 0 aliphatic carbocycles. The number of hydrogen-bond acceptors (Lipinski definition) is 2. The van der Waals surface area contributed by atoms with Gasteiger partial charge in [-0.15, -0.1) is 0 Å². The van der Waals surface area contributed by atoms with E-state index >= 15 is 0 Å². The Morgan fingerprint density at radius 2 is 1.37 bits per heavy atom. The second kappa shape index (κ2) is 6.50. The molecule has 0 saturated carbocycles. The van der Waals surface area contributed by atoms with Crippen molar-refractivity contribution in [3.05, 3.63) is 70.8 Å². The number of benzene rings is 2. The van der Waals surface area contributed by atoms with Gasteiger partial charge in [0.2, 0.25) is 0 Å². The minimum atomic E-state index is -0.394. The highest BCUT2D eigenvalue weighted by atomic mass is 16.3. The lowest BCUT2D eigenvalue weighted by atomic mass is 10.0. The van der Waals surface area contributed by atoms with Gasteiger partial charge in [-0.05, 0) is 42.6 Å². The molecule has 1 unspecified atom stereocenters. The van der Waals surface area contributed by atoms with Crippen LogP contribution in [-0.4, -0.2) is 12.2 Å². The highest BCUT2D eigenvalue weighted by Gasteiger charge is 2.01. The normalized spacial score (nSPS) is 12.4. The van der Waals surface area contributed by atoms with Crippen LogP contribution in [0.5, 0.6) is 0 Å². The highest BCUT2D eigenvalue weighted by Crippen LogP contribution is 2.15. The molecular weight excluding hydrogens is 234 g/mol. The van der Waals surface area contributed by atoms with Crippen molar-refractivity contribution in [1.82, 2.24) is 5.32 Å². The first-order valence-electron chi connectivity index (χ1n) is 6.68. The van der Waals surface area contributed by atoms with Crippen LogP contribution in [0.25, 0.3) is 0 Å². The minimum Gasteiger partial charge on any atom is -0.389 e. The van der Waals surface area contributed by atoms with E-state index in [2.05, 4.69) is 41.7 Å². The Bertz CT molecular complexity index is 500. The fraction of sp³-hybridized carbons (Fsp3) is 0.294. The molecule has 19 heavy (non-hydrogen) atoms. The average Bonchev–Trinajstić information content (AvgIpc) is 2.42. The van der Waals surface area contributed by atoms with Crippen LogP contribution in [0.2, 0.25) is 0 Å². The van der Waals surface area contributed by atoms with Gasteiger partial charge in [0, 0.05) is 6.54 Å². The molecule has 0 spiro atoms. The maximum Gasteiger partial charge on any atom is 0.0761 e. The van der Waals surface area contributed by atoms with Crippen molar-refractivity contribution in [2.75, 3.05) is 7.05 Å². The molecule has 2 heteroatoms. The Labute approximate surface area is 115 Å². The van der Waals surface area contributed by atoms with Crippen molar-refractivity contribution in [3.8, 4) is 0 Å². The van der Waals surface area contributed by atoms with Gasteiger partial charge in [0.05, 0.1) is 6.10 Å². The van der Waals surface area contributed by atoms with E-state index in [0.29, 0.717) is 0 Å². The van der Waals surface area contributed by atoms with Crippen molar-refractivity contribution < 1.29 is 5.11 Å². The Balaban J connectivity index is 2.04. The van der Waals surface area contributed by atoms with E-state index in [1.54, 1.807) is 6.92 Å². The van der Waals surface area contributed by atoms with Crippen LogP contribution in [0.1, 0.15) is 35.3 Å². The second-order valence-electron chi connectivity index (χ2n) is 4.94. The minimum absolute atomic E-state index is 0.394. The summed E-state index contributed by atoms with van der Waals surface area (Å²) in [6.45, 7) is 2.69. The third kappa shape index (κ3) is 3.91. The monoisotopic (exact) mass is 255 g/mol. The van der Waals surface area contributed by atoms with Gasteiger partial charge < -0.3 is 10.4 Å². The zero-order valence-electron chi connectivity index (χ0n) is 11.6. The Morgan fingerprint density at radius 3 is 1.84 bits per heavy atom. The van der Waals surface area contributed by atoms with Crippen LogP contribution in [0.4, 0.5) is 0 Å². The number of aliphatic hydroxyl groups is 1. The predicted molar refractivity (Wildman–Crippen MR) is 79.1 cm³/mol. The van der Waals surface area contributed by atoms with Crippen molar-refractivity contribution in [1.29, 1.82) is 0 Å². The number of hydrogen-bond donors (Lipinski definition) is 2. The van der Waals surface area contributed by atoms with E-state index in [0.717, 1.165) is 18.5 Å². The Kier molecular flexibility index (Phi) is 4.72. The van der Waals surface area contributed by atoms with E-state index in [1.165, 1.54) is 16.7 Å². The summed E-state index contributed by atoms with van der Waals surface area (Å²) in [7, 11) is 1.96. The molecule has 0 saturated heterocycles. The molecular formula is C17H21NO. The van der Waals surface area contributed by atoms with E-state index in [-0.39, 0.29) is 0 Å². The summed E-state index contributed by atoms with van der Waals surface area (Å²) in [6, 6.07) is 16.8. The van der Waals surface area contributed by atoms with Crippen molar-refractivity contribution in [2.24, 2.45) is 0 Å². The number of aliphatic hydroxyl groups excluding tert-OH is 1. The smallest absolute Gasteiger partial charge is 0.0761 e. The maximum absolute atomic E-state index is 9.48. The molecule has 0 amide bonds. The van der Waals surface area contributed by atoms with Crippen LogP contribution in [0, 0.1) is 0 Å². The van der Waals surface area contributed by atoms with E-state index < -0.39 is 6.10 Å². The van der Waals surface area contributed by atoms with Crippen LogP contribution in [0.15, 0.2) is 48.5 Å². The van der Waals surface area contributed by atoms with Crippen LogP contribution in [-0.2, 0) is 13.0 Å². The molecule has 0 aliphatic heterocycles. The summed E-state index contributed by atoms with van der Waals surface area (Å²) in [5.74, 6) is 0. The molecule has 2 rings (SSSR count). The molecule has 2 N–H and O–H groups in total. The molecule has 100 valence electrons. The largest absolute Gasteiger partial charge is 0.389 e. The molecule has 0 heterocycles. The van der Waals surface area contributed by atoms with Gasteiger partial charge in [-0.1, -0.05) is 48.5 Å². The van der Waals surface area contributed by atoms with Gasteiger partial charge in [-0.3, -0.25) is 0 Å². The van der Waals surface area contributed by atoms with Gasteiger partial charge >= 0.3 is 0 Å². The lowest BCUT2D eigenvalue weighted by Gasteiger charge is -2.07. The molecule has 0 aromatic heterocycles. The first-order chi connectivity index (χ1) is 9.19. The SMILES string of the molecule is CNCc1ccc(Cc2ccc(C(C)O)cc2)cc1. The summed E-state index contributed by atoms with van der Waals surface area (Å²) in [5.41, 5.74) is 4.85. The average molecular weight is 255 g/mol. The number of nitrogens with one attached hydrogen (secondary N) is 1. The van der Waals surface area contributed by atoms with Crippen molar-refractivity contribution >= 4 is 0 Å². The molecule has 2 nitrogen and oxygen atoms in total. The molecule has 2 aromatic carbocycles. The van der Waals surface area contributed by atoms with Crippen LogP contribution >= 0.6 is 0 Å². The lowest BCUT2D eigenvalue weighted by Crippen LogP contribution is -2.04. The van der Waals surface area contributed by atoms with Crippen LogP contribution in [0.3, 0.4) is 0 Å². The fourth-order valence-electron chi connectivity index (χ4n) is 2.13. The summed E-state index contributed by atoms with van der Waals surface area (Å²) in [6.07, 6.45) is 0.537. The van der Waals surface area contributed by atoms with Crippen LogP contribution < -0.4 is 5.32 Å². The van der Waals surface area contributed by atoms with E-state index in [9.17, 15) is 5.11 Å².